The van der Waals surface area contributed by atoms with Crippen LogP contribution in [0.1, 0.15) is 328 Å². The first-order chi connectivity index (χ1) is 36.5. The van der Waals surface area contributed by atoms with E-state index in [0.29, 0.717) is 17.4 Å². The minimum Gasteiger partial charge on any atom is -0.756 e. The Morgan fingerprint density at radius 1 is 0.453 bits per heavy atom. The third-order valence-corrected chi connectivity index (χ3v) is 16.0. The second kappa shape index (κ2) is 57.4. The molecule has 0 fully saturated rings. The molecular formula is C66H129N2O6P. The smallest absolute Gasteiger partial charge is 0.268 e. The molecule has 8 nitrogen and oxygen atoms in total. The summed E-state index contributed by atoms with van der Waals surface area (Å²) in [5.41, 5.74) is 0. The van der Waals surface area contributed by atoms with Gasteiger partial charge in [-0.3, -0.25) is 9.36 Å². The van der Waals surface area contributed by atoms with Gasteiger partial charge < -0.3 is 28.8 Å². The molecule has 9 heteroatoms. The van der Waals surface area contributed by atoms with E-state index in [0.717, 1.165) is 38.5 Å². The van der Waals surface area contributed by atoms with Gasteiger partial charge in [-0.15, -0.1) is 0 Å². The highest BCUT2D eigenvalue weighted by atomic mass is 31.2. The normalized spacial score (nSPS) is 14.0. The lowest BCUT2D eigenvalue weighted by Crippen LogP contribution is -2.45. The number of likely N-dealkylation sites (N-methyl/N-ethyl adjacent to an activating group) is 1. The number of carbonyl (C=O) groups is 1. The third-order valence-electron chi connectivity index (χ3n) is 15.1. The molecule has 3 atom stereocenters. The number of aliphatic hydroxyl groups is 1. The number of phosphoric ester groups is 1. The maximum Gasteiger partial charge on any atom is 0.268 e. The second-order valence-electron chi connectivity index (χ2n) is 23.8. The zero-order valence-corrected chi connectivity index (χ0v) is 51.7. The van der Waals surface area contributed by atoms with Crippen LogP contribution in [0.15, 0.2) is 36.5 Å². The number of phosphoric acid groups is 1. The third kappa shape index (κ3) is 60.2. The molecule has 0 aliphatic heterocycles. The van der Waals surface area contributed by atoms with Crippen molar-refractivity contribution < 1.29 is 32.9 Å². The van der Waals surface area contributed by atoms with Crippen molar-refractivity contribution in [1.82, 2.24) is 5.32 Å². The molecule has 444 valence electrons. The summed E-state index contributed by atoms with van der Waals surface area (Å²) < 4.78 is 23.4. The highest BCUT2D eigenvalue weighted by Crippen LogP contribution is 2.38. The second-order valence-corrected chi connectivity index (χ2v) is 25.2. The molecule has 0 saturated carbocycles. The Hall–Kier alpha value is -1.28. The minimum atomic E-state index is -4.61. The topological polar surface area (TPSA) is 108 Å². The van der Waals surface area contributed by atoms with Crippen molar-refractivity contribution in [1.29, 1.82) is 0 Å². The highest BCUT2D eigenvalue weighted by Gasteiger charge is 2.23. The molecule has 0 saturated heterocycles. The summed E-state index contributed by atoms with van der Waals surface area (Å²) in [5, 5.41) is 13.9. The lowest BCUT2D eigenvalue weighted by atomic mass is 10.0. The Bertz CT molecular complexity index is 1320. The monoisotopic (exact) mass is 1080 g/mol. The molecule has 0 radical (unpaired) electrons. The fourth-order valence-corrected chi connectivity index (χ4v) is 10.7. The van der Waals surface area contributed by atoms with E-state index in [9.17, 15) is 19.4 Å². The molecule has 0 heterocycles. The van der Waals surface area contributed by atoms with Crippen molar-refractivity contribution in [3.8, 4) is 0 Å². The van der Waals surface area contributed by atoms with Gasteiger partial charge in [-0.25, -0.2) is 0 Å². The summed E-state index contributed by atoms with van der Waals surface area (Å²) in [6.07, 6.45) is 75.4. The average Bonchev–Trinajstić information content (AvgIpc) is 3.37. The van der Waals surface area contributed by atoms with Gasteiger partial charge >= 0.3 is 0 Å². The van der Waals surface area contributed by atoms with Crippen LogP contribution >= 0.6 is 7.82 Å². The van der Waals surface area contributed by atoms with E-state index in [-0.39, 0.29) is 19.1 Å². The van der Waals surface area contributed by atoms with Crippen LogP contribution in [-0.2, 0) is 18.4 Å². The molecule has 1 amide bonds. The first-order valence-electron chi connectivity index (χ1n) is 32.9. The Morgan fingerprint density at radius 3 is 1.08 bits per heavy atom. The molecule has 3 unspecified atom stereocenters. The number of amides is 1. The van der Waals surface area contributed by atoms with Gasteiger partial charge in [0.1, 0.15) is 13.2 Å². The number of nitrogens with zero attached hydrogens (tertiary/aromatic N) is 1. The van der Waals surface area contributed by atoms with Crippen molar-refractivity contribution in [2.75, 3.05) is 40.9 Å². The summed E-state index contributed by atoms with van der Waals surface area (Å²) in [6, 6.07) is -0.904. The Labute approximate surface area is 467 Å². The van der Waals surface area contributed by atoms with Crippen molar-refractivity contribution in [2.24, 2.45) is 0 Å². The van der Waals surface area contributed by atoms with Gasteiger partial charge in [0.05, 0.1) is 39.9 Å². The van der Waals surface area contributed by atoms with E-state index in [1.165, 1.54) is 270 Å². The number of quaternary nitrogens is 1. The van der Waals surface area contributed by atoms with Gasteiger partial charge in [0.15, 0.2) is 0 Å². The number of hydrogen-bond donors (Lipinski definition) is 2. The Kier molecular flexibility index (Phi) is 56.4. The maximum absolute atomic E-state index is 13.0. The summed E-state index contributed by atoms with van der Waals surface area (Å²) in [6.45, 7) is 4.68. The number of hydrogen-bond acceptors (Lipinski definition) is 6. The van der Waals surface area contributed by atoms with Crippen LogP contribution in [0.2, 0.25) is 0 Å². The van der Waals surface area contributed by atoms with Gasteiger partial charge in [-0.05, 0) is 57.8 Å². The lowest BCUT2D eigenvalue weighted by Gasteiger charge is -2.29. The molecule has 0 spiro atoms. The number of unbranched alkanes of at least 4 members (excludes halogenated alkanes) is 44. The minimum absolute atomic E-state index is 0.00514. The maximum atomic E-state index is 13.0. The van der Waals surface area contributed by atoms with E-state index in [4.69, 9.17) is 9.05 Å². The van der Waals surface area contributed by atoms with Crippen LogP contribution in [0.5, 0.6) is 0 Å². The largest absolute Gasteiger partial charge is 0.756 e. The summed E-state index contributed by atoms with van der Waals surface area (Å²) in [5.74, 6) is -0.202. The number of aliphatic hydroxyl groups excluding tert-OH is 1. The Balaban J connectivity index is 4.14. The number of allylic oxidation sites excluding steroid dienone is 5. The van der Waals surface area contributed by atoms with E-state index < -0.39 is 20.0 Å². The number of rotatable bonds is 61. The molecular weight excluding hydrogens is 948 g/mol. The molecule has 0 aliphatic carbocycles. The zero-order chi connectivity index (χ0) is 54.9. The lowest BCUT2D eigenvalue weighted by molar-refractivity contribution is -0.870. The van der Waals surface area contributed by atoms with E-state index >= 15 is 0 Å². The predicted octanol–water partition coefficient (Wildman–Crippen LogP) is 19.9. The van der Waals surface area contributed by atoms with Crippen molar-refractivity contribution in [3.05, 3.63) is 36.5 Å². The van der Waals surface area contributed by atoms with Crippen LogP contribution in [-0.4, -0.2) is 68.5 Å². The molecule has 2 N–H and O–H groups in total. The van der Waals surface area contributed by atoms with E-state index in [2.05, 4.69) is 43.5 Å². The standard InChI is InChI=1S/C66H129N2O6P/c1-6-8-10-12-14-16-18-20-22-24-26-28-30-32-33-34-36-37-39-41-43-45-47-49-51-53-55-57-59-65(69)64(63-74-75(71,72)73-62-61-68(3,4)5)67-66(70)60-58-56-54-52-50-48-46-44-42-40-38-35-31-29-27-25-23-21-19-17-15-13-11-9-7-2/h25,27,49,51,57,59,64-65,69H,6-24,26,28-48,50,52-56,58,60-63H2,1-5H3,(H-,67,70,71,72)/b27-25-,51-49+,59-57+. The number of carbonyl (C=O) groups excluding carboxylic acids is 1. The predicted molar refractivity (Wildman–Crippen MR) is 325 cm³/mol. The van der Waals surface area contributed by atoms with Crippen molar-refractivity contribution in [2.45, 2.75) is 341 Å². The summed E-state index contributed by atoms with van der Waals surface area (Å²) in [7, 11) is 1.26. The summed E-state index contributed by atoms with van der Waals surface area (Å²) >= 11 is 0. The van der Waals surface area contributed by atoms with Crippen LogP contribution in [0.3, 0.4) is 0 Å². The number of nitrogens with one attached hydrogen (secondary N) is 1. The summed E-state index contributed by atoms with van der Waals surface area (Å²) in [4.78, 5) is 25.6. The molecule has 0 aromatic heterocycles. The van der Waals surface area contributed by atoms with Crippen LogP contribution in [0, 0.1) is 0 Å². The van der Waals surface area contributed by atoms with Gasteiger partial charge in [0.25, 0.3) is 7.82 Å². The highest BCUT2D eigenvalue weighted by molar-refractivity contribution is 7.45. The van der Waals surface area contributed by atoms with Crippen LogP contribution in [0.4, 0.5) is 0 Å². The average molecular weight is 1080 g/mol. The molecule has 0 aliphatic rings. The molecule has 75 heavy (non-hydrogen) atoms. The van der Waals surface area contributed by atoms with E-state index in [1.54, 1.807) is 6.08 Å². The van der Waals surface area contributed by atoms with Gasteiger partial charge in [0, 0.05) is 6.42 Å². The molecule has 0 aromatic rings. The first kappa shape index (κ1) is 73.7. The fraction of sp³-hybridized carbons (Fsp3) is 0.894. The molecule has 0 rings (SSSR count). The van der Waals surface area contributed by atoms with E-state index in [1.807, 2.05) is 27.2 Å². The Morgan fingerprint density at radius 2 is 0.747 bits per heavy atom. The SMILES string of the molecule is CCCCCCCCCC/C=C\CCCCCCCCCCCCCCCC(=O)NC(COP(=O)([O-])OCC[N+](C)(C)C)C(O)/C=C/CC/C=C/CCCCCCCCCCCCCCCCCCCCCCCC. The molecule has 0 bridgehead atoms. The van der Waals surface area contributed by atoms with Crippen LogP contribution < -0.4 is 10.2 Å². The van der Waals surface area contributed by atoms with Gasteiger partial charge in [-0.1, -0.05) is 301 Å². The zero-order valence-electron chi connectivity index (χ0n) is 50.8. The first-order valence-corrected chi connectivity index (χ1v) is 34.3. The quantitative estimate of drug-likeness (QED) is 0.0272. The molecule has 0 aromatic carbocycles. The van der Waals surface area contributed by atoms with Gasteiger partial charge in [0.2, 0.25) is 5.91 Å². The van der Waals surface area contributed by atoms with Crippen molar-refractivity contribution in [3.63, 3.8) is 0 Å². The fourth-order valence-electron chi connectivity index (χ4n) is 9.93. The van der Waals surface area contributed by atoms with Gasteiger partial charge in [-0.2, -0.15) is 0 Å². The van der Waals surface area contributed by atoms with Crippen LogP contribution in [0.25, 0.3) is 0 Å². The van der Waals surface area contributed by atoms with Crippen molar-refractivity contribution >= 4 is 13.7 Å².